The molecule has 1 nitrogen and oxygen atoms in total. The van der Waals surface area contributed by atoms with Crippen molar-refractivity contribution in [2.75, 3.05) is 11.1 Å². The van der Waals surface area contributed by atoms with E-state index in [1.165, 1.54) is 21.0 Å². The van der Waals surface area contributed by atoms with Crippen LogP contribution >= 0.6 is 23.1 Å². The van der Waals surface area contributed by atoms with Gasteiger partial charge in [0.2, 0.25) is 0 Å². The van der Waals surface area contributed by atoms with Crippen LogP contribution in [0.2, 0.25) is 0 Å². The lowest BCUT2D eigenvalue weighted by molar-refractivity contribution is 0.893. The van der Waals surface area contributed by atoms with Crippen molar-refractivity contribution in [1.82, 2.24) is 0 Å². The number of para-hydroxylation sites is 1. The number of thioether (sulfide) groups is 1. The first kappa shape index (κ1) is 14.2. The number of hydrogen-bond donors (Lipinski definition) is 1. The molecule has 1 N–H and O–H groups in total. The van der Waals surface area contributed by atoms with Gasteiger partial charge in [-0.3, -0.25) is 0 Å². The van der Waals surface area contributed by atoms with Crippen LogP contribution in [0.3, 0.4) is 0 Å². The van der Waals surface area contributed by atoms with E-state index in [-0.39, 0.29) is 0 Å². The van der Waals surface area contributed by atoms with Gasteiger partial charge in [0.1, 0.15) is 0 Å². The van der Waals surface area contributed by atoms with E-state index in [0.29, 0.717) is 6.04 Å². The summed E-state index contributed by atoms with van der Waals surface area (Å²) in [6, 6.07) is 11.0. The van der Waals surface area contributed by atoms with E-state index >= 15 is 0 Å². The highest BCUT2D eigenvalue weighted by Gasteiger charge is 2.11. The van der Waals surface area contributed by atoms with Crippen molar-refractivity contribution in [1.29, 1.82) is 0 Å². The van der Waals surface area contributed by atoms with E-state index in [2.05, 4.69) is 61.5 Å². The standard InChI is InChI=1S/C16H19NS2/c1-4-10-18-15-8-6-5-7-14(15)17-13(3)16-12(2)9-11-19-16/h4-9,11,13,17H,1,10H2,2-3H3. The molecule has 0 spiro atoms. The summed E-state index contributed by atoms with van der Waals surface area (Å²) in [7, 11) is 0. The molecule has 0 radical (unpaired) electrons. The van der Waals surface area contributed by atoms with Gasteiger partial charge >= 0.3 is 0 Å². The molecule has 0 saturated carbocycles. The van der Waals surface area contributed by atoms with Crippen LogP contribution in [0, 0.1) is 6.92 Å². The minimum Gasteiger partial charge on any atom is -0.377 e. The number of aryl methyl sites for hydroxylation is 1. The molecule has 0 aliphatic heterocycles. The predicted octanol–water partition coefficient (Wildman–Crippen LogP) is 5.51. The van der Waals surface area contributed by atoms with Crippen LogP contribution in [0.5, 0.6) is 0 Å². The highest BCUT2D eigenvalue weighted by atomic mass is 32.2. The SMILES string of the molecule is C=CCSc1ccccc1NC(C)c1sccc1C. The molecule has 0 aliphatic carbocycles. The first-order chi connectivity index (χ1) is 9.22. The Morgan fingerprint density at radius 1 is 1.37 bits per heavy atom. The molecule has 1 heterocycles. The van der Waals surface area contributed by atoms with Gasteiger partial charge in [-0.2, -0.15) is 0 Å². The van der Waals surface area contributed by atoms with E-state index < -0.39 is 0 Å². The van der Waals surface area contributed by atoms with Gasteiger partial charge in [0, 0.05) is 21.2 Å². The van der Waals surface area contributed by atoms with Gasteiger partial charge in [0.25, 0.3) is 0 Å². The lowest BCUT2D eigenvalue weighted by atomic mass is 10.2. The Kier molecular flexibility index (Phi) is 5.11. The molecule has 2 aromatic rings. The average Bonchev–Trinajstić information content (AvgIpc) is 2.84. The maximum atomic E-state index is 3.78. The first-order valence-corrected chi connectivity index (χ1v) is 8.22. The Labute approximate surface area is 123 Å². The zero-order valence-electron chi connectivity index (χ0n) is 11.3. The monoisotopic (exact) mass is 289 g/mol. The van der Waals surface area contributed by atoms with Crippen LogP contribution in [0.4, 0.5) is 5.69 Å². The summed E-state index contributed by atoms with van der Waals surface area (Å²) < 4.78 is 0. The van der Waals surface area contributed by atoms with Crippen molar-refractivity contribution in [3.8, 4) is 0 Å². The molecular weight excluding hydrogens is 270 g/mol. The van der Waals surface area contributed by atoms with E-state index in [4.69, 9.17) is 0 Å². The maximum Gasteiger partial charge on any atom is 0.0581 e. The smallest absolute Gasteiger partial charge is 0.0581 e. The van der Waals surface area contributed by atoms with Gasteiger partial charge in [-0.25, -0.2) is 0 Å². The molecule has 0 bridgehead atoms. The Bertz CT molecular complexity index is 545. The molecule has 0 amide bonds. The van der Waals surface area contributed by atoms with Crippen molar-refractivity contribution < 1.29 is 0 Å². The van der Waals surface area contributed by atoms with Gasteiger partial charge < -0.3 is 5.32 Å². The summed E-state index contributed by atoms with van der Waals surface area (Å²) in [5.74, 6) is 0.936. The van der Waals surface area contributed by atoms with E-state index in [1.807, 2.05) is 29.2 Å². The molecule has 100 valence electrons. The molecule has 3 heteroatoms. The molecule has 2 rings (SSSR count). The average molecular weight is 289 g/mol. The number of thiophene rings is 1. The first-order valence-electron chi connectivity index (χ1n) is 6.35. The fraction of sp³-hybridized carbons (Fsp3) is 0.250. The molecule has 1 unspecified atom stereocenters. The Morgan fingerprint density at radius 3 is 2.84 bits per heavy atom. The number of benzene rings is 1. The topological polar surface area (TPSA) is 12.0 Å². The third-order valence-corrected chi connectivity index (χ3v) is 5.18. The van der Waals surface area contributed by atoms with E-state index in [9.17, 15) is 0 Å². The Balaban J connectivity index is 2.14. The van der Waals surface area contributed by atoms with Gasteiger partial charge in [0.05, 0.1) is 6.04 Å². The van der Waals surface area contributed by atoms with Crippen molar-refractivity contribution in [2.45, 2.75) is 24.8 Å². The number of hydrogen-bond acceptors (Lipinski definition) is 3. The fourth-order valence-corrected chi connectivity index (χ4v) is 3.68. The molecular formula is C16H19NS2. The summed E-state index contributed by atoms with van der Waals surface area (Å²) in [5, 5.41) is 5.77. The van der Waals surface area contributed by atoms with Gasteiger partial charge in [-0.05, 0) is 43.0 Å². The van der Waals surface area contributed by atoms with Crippen molar-refractivity contribution in [3.05, 3.63) is 58.8 Å². The number of nitrogens with one attached hydrogen (secondary N) is 1. The molecule has 19 heavy (non-hydrogen) atoms. The lowest BCUT2D eigenvalue weighted by Gasteiger charge is -2.17. The van der Waals surface area contributed by atoms with Crippen LogP contribution in [-0.4, -0.2) is 5.75 Å². The van der Waals surface area contributed by atoms with Gasteiger partial charge in [-0.1, -0.05) is 18.2 Å². The molecule has 0 fully saturated rings. The van der Waals surface area contributed by atoms with Crippen LogP contribution in [-0.2, 0) is 0 Å². The summed E-state index contributed by atoms with van der Waals surface area (Å²) in [4.78, 5) is 2.69. The van der Waals surface area contributed by atoms with E-state index in [0.717, 1.165) is 5.75 Å². The second-order valence-electron chi connectivity index (χ2n) is 4.43. The molecule has 1 aromatic carbocycles. The Hall–Kier alpha value is -1.19. The van der Waals surface area contributed by atoms with Crippen molar-refractivity contribution in [3.63, 3.8) is 0 Å². The van der Waals surface area contributed by atoms with Gasteiger partial charge in [0.15, 0.2) is 0 Å². The summed E-state index contributed by atoms with van der Waals surface area (Å²) in [6.45, 7) is 8.16. The van der Waals surface area contributed by atoms with Gasteiger partial charge in [-0.15, -0.1) is 29.7 Å². The molecule has 1 aromatic heterocycles. The number of rotatable bonds is 6. The second-order valence-corrected chi connectivity index (χ2v) is 6.44. The normalized spacial score (nSPS) is 12.1. The third kappa shape index (κ3) is 3.64. The Morgan fingerprint density at radius 2 is 2.16 bits per heavy atom. The van der Waals surface area contributed by atoms with Crippen LogP contribution < -0.4 is 5.32 Å². The molecule has 0 aliphatic rings. The van der Waals surface area contributed by atoms with Crippen LogP contribution in [0.15, 0.2) is 53.3 Å². The summed E-state index contributed by atoms with van der Waals surface area (Å²) in [5.41, 5.74) is 2.57. The zero-order chi connectivity index (χ0) is 13.7. The summed E-state index contributed by atoms with van der Waals surface area (Å²) in [6.07, 6.45) is 1.94. The third-order valence-electron chi connectivity index (χ3n) is 2.91. The van der Waals surface area contributed by atoms with Crippen molar-refractivity contribution >= 4 is 28.8 Å². The number of anilines is 1. The highest BCUT2D eigenvalue weighted by Crippen LogP contribution is 2.32. The quantitative estimate of drug-likeness (QED) is 0.556. The minimum absolute atomic E-state index is 0.338. The highest BCUT2D eigenvalue weighted by molar-refractivity contribution is 7.99. The minimum atomic E-state index is 0.338. The summed E-state index contributed by atoms with van der Waals surface area (Å²) >= 11 is 3.63. The van der Waals surface area contributed by atoms with Crippen LogP contribution in [0.25, 0.3) is 0 Å². The predicted molar refractivity (Wildman–Crippen MR) is 88.5 cm³/mol. The largest absolute Gasteiger partial charge is 0.377 e. The maximum absolute atomic E-state index is 3.78. The van der Waals surface area contributed by atoms with Crippen molar-refractivity contribution in [2.24, 2.45) is 0 Å². The molecule has 0 saturated heterocycles. The fourth-order valence-electron chi connectivity index (χ4n) is 1.99. The van der Waals surface area contributed by atoms with Crippen LogP contribution in [0.1, 0.15) is 23.4 Å². The van der Waals surface area contributed by atoms with E-state index in [1.54, 1.807) is 0 Å². The molecule has 1 atom stereocenters. The zero-order valence-corrected chi connectivity index (χ0v) is 13.0. The second kappa shape index (κ2) is 6.83. The lowest BCUT2D eigenvalue weighted by Crippen LogP contribution is -2.06.